The fraction of sp³-hybridized carbons (Fsp3) is 0.375. The second kappa shape index (κ2) is 9.29. The third-order valence-electron chi connectivity index (χ3n) is 3.14. The Kier molecular flexibility index (Phi) is 7.41. The highest BCUT2D eigenvalue weighted by molar-refractivity contribution is 5.88. The van der Waals surface area contributed by atoms with Gasteiger partial charge in [-0.2, -0.15) is 0 Å². The molecule has 0 radical (unpaired) electrons. The number of carbonyl (C=O) groups excluding carboxylic acids is 2. The number of hydrogen-bond donors (Lipinski definition) is 3. The number of aromatic carboxylic acids is 1. The van der Waals surface area contributed by atoms with Crippen LogP contribution in [0.4, 0.5) is 0 Å². The molecular weight excluding hydrogens is 318 g/mol. The van der Waals surface area contributed by atoms with Crippen LogP contribution in [-0.4, -0.2) is 46.7 Å². The third kappa shape index (κ3) is 6.47. The van der Waals surface area contributed by atoms with Gasteiger partial charge in [0, 0.05) is 12.8 Å². The van der Waals surface area contributed by atoms with Crippen LogP contribution in [0.1, 0.15) is 35.7 Å². The highest BCUT2D eigenvalue weighted by atomic mass is 16.5. The number of ether oxygens (including phenoxy) is 1. The summed E-state index contributed by atoms with van der Waals surface area (Å²) in [5, 5.41) is 20.3. The molecule has 0 aliphatic carbocycles. The summed E-state index contributed by atoms with van der Waals surface area (Å²) in [4.78, 5) is 44.9. The molecule has 1 aromatic rings. The number of carboxylic acid groups (broad SMARTS) is 2. The first-order valence-electron chi connectivity index (χ1n) is 7.33. The molecule has 130 valence electrons. The Balaban J connectivity index is 2.60. The summed E-state index contributed by atoms with van der Waals surface area (Å²) in [6, 6.07) is 4.53. The SMILES string of the molecule is CCOC(=O)CCC(=O)N[C@@H](Cc1ccc(C(=O)O)cc1)C(=O)O. The standard InChI is InChI=1S/C16H19NO7/c1-2-24-14(19)8-7-13(18)17-12(16(22)23)9-10-3-5-11(6-4-10)15(20)21/h3-6,12H,2,7-9H2,1H3,(H,17,18)(H,20,21)(H,22,23)/t12-/m0/s1. The number of amides is 1. The Morgan fingerprint density at radius 3 is 2.21 bits per heavy atom. The lowest BCUT2D eigenvalue weighted by Crippen LogP contribution is -2.42. The molecule has 1 aromatic carbocycles. The highest BCUT2D eigenvalue weighted by Crippen LogP contribution is 2.08. The van der Waals surface area contributed by atoms with E-state index in [1.807, 2.05) is 0 Å². The van der Waals surface area contributed by atoms with Crippen LogP contribution >= 0.6 is 0 Å². The molecule has 24 heavy (non-hydrogen) atoms. The van der Waals surface area contributed by atoms with E-state index >= 15 is 0 Å². The van der Waals surface area contributed by atoms with Gasteiger partial charge in [-0.25, -0.2) is 9.59 Å². The van der Waals surface area contributed by atoms with Crippen molar-refractivity contribution in [3.8, 4) is 0 Å². The van der Waals surface area contributed by atoms with Gasteiger partial charge in [-0.1, -0.05) is 12.1 Å². The topological polar surface area (TPSA) is 130 Å². The molecule has 0 saturated carbocycles. The molecule has 0 aliphatic heterocycles. The molecule has 0 aromatic heterocycles. The number of carbonyl (C=O) groups is 4. The summed E-state index contributed by atoms with van der Waals surface area (Å²) in [5.74, 6) is -3.40. The molecule has 0 fully saturated rings. The molecule has 8 heteroatoms. The van der Waals surface area contributed by atoms with Gasteiger partial charge in [0.2, 0.25) is 5.91 Å². The number of benzene rings is 1. The molecule has 8 nitrogen and oxygen atoms in total. The number of esters is 1. The molecule has 3 N–H and O–H groups in total. The van der Waals surface area contributed by atoms with Crippen LogP contribution in [0.25, 0.3) is 0 Å². The quantitative estimate of drug-likeness (QED) is 0.569. The molecule has 1 amide bonds. The molecular formula is C16H19NO7. The van der Waals surface area contributed by atoms with Gasteiger partial charge in [-0.15, -0.1) is 0 Å². The van der Waals surface area contributed by atoms with Crippen molar-refractivity contribution in [3.05, 3.63) is 35.4 Å². The minimum Gasteiger partial charge on any atom is -0.480 e. The van der Waals surface area contributed by atoms with Crippen LogP contribution in [0.15, 0.2) is 24.3 Å². The minimum atomic E-state index is -1.22. The van der Waals surface area contributed by atoms with E-state index < -0.39 is 29.9 Å². The summed E-state index contributed by atoms with van der Waals surface area (Å²) in [6.07, 6.45) is -0.291. The summed E-state index contributed by atoms with van der Waals surface area (Å²) >= 11 is 0. The normalized spacial score (nSPS) is 11.4. The second-order valence-corrected chi connectivity index (χ2v) is 4.97. The molecule has 0 bridgehead atoms. The van der Waals surface area contributed by atoms with E-state index in [0.29, 0.717) is 5.56 Å². The van der Waals surface area contributed by atoms with Gasteiger partial charge < -0.3 is 20.3 Å². The van der Waals surface area contributed by atoms with Crippen LogP contribution in [0.3, 0.4) is 0 Å². The van der Waals surface area contributed by atoms with Crippen molar-refractivity contribution in [1.82, 2.24) is 5.32 Å². The van der Waals surface area contributed by atoms with Crippen molar-refractivity contribution in [2.24, 2.45) is 0 Å². The average molecular weight is 337 g/mol. The van der Waals surface area contributed by atoms with Crippen molar-refractivity contribution in [2.45, 2.75) is 32.2 Å². The van der Waals surface area contributed by atoms with Crippen LogP contribution in [-0.2, 0) is 25.5 Å². The van der Waals surface area contributed by atoms with Crippen LogP contribution < -0.4 is 5.32 Å². The first-order chi connectivity index (χ1) is 11.3. The number of aliphatic carboxylic acids is 1. The number of hydrogen-bond acceptors (Lipinski definition) is 5. The smallest absolute Gasteiger partial charge is 0.335 e. The maximum absolute atomic E-state index is 11.7. The van der Waals surface area contributed by atoms with E-state index in [0.717, 1.165) is 0 Å². The van der Waals surface area contributed by atoms with E-state index in [4.69, 9.17) is 5.11 Å². The maximum atomic E-state index is 11.7. The van der Waals surface area contributed by atoms with Crippen molar-refractivity contribution >= 4 is 23.8 Å². The van der Waals surface area contributed by atoms with E-state index in [1.54, 1.807) is 6.92 Å². The summed E-state index contributed by atoms with van der Waals surface area (Å²) in [5.41, 5.74) is 0.655. The van der Waals surface area contributed by atoms with Gasteiger partial charge in [0.1, 0.15) is 6.04 Å². The van der Waals surface area contributed by atoms with Crippen LogP contribution in [0.5, 0.6) is 0 Å². The van der Waals surface area contributed by atoms with E-state index in [-0.39, 0.29) is 31.4 Å². The third-order valence-corrected chi connectivity index (χ3v) is 3.14. The van der Waals surface area contributed by atoms with E-state index in [2.05, 4.69) is 10.1 Å². The van der Waals surface area contributed by atoms with Crippen LogP contribution in [0.2, 0.25) is 0 Å². The average Bonchev–Trinajstić information content (AvgIpc) is 2.53. The van der Waals surface area contributed by atoms with Gasteiger partial charge in [0.25, 0.3) is 0 Å². The highest BCUT2D eigenvalue weighted by Gasteiger charge is 2.21. The minimum absolute atomic E-state index is 0.000376. The zero-order valence-corrected chi connectivity index (χ0v) is 13.2. The Hall–Kier alpha value is -2.90. The zero-order valence-electron chi connectivity index (χ0n) is 13.2. The van der Waals surface area contributed by atoms with E-state index in [1.165, 1.54) is 24.3 Å². The molecule has 0 aliphatic rings. The monoisotopic (exact) mass is 337 g/mol. The predicted molar refractivity (Wildman–Crippen MR) is 82.5 cm³/mol. The number of rotatable bonds is 9. The van der Waals surface area contributed by atoms with Crippen molar-refractivity contribution in [2.75, 3.05) is 6.61 Å². The Labute approximate surface area is 138 Å². The Morgan fingerprint density at radius 1 is 1.08 bits per heavy atom. The summed E-state index contributed by atoms with van der Waals surface area (Å²) in [6.45, 7) is 1.86. The van der Waals surface area contributed by atoms with Crippen molar-refractivity contribution < 1.29 is 34.1 Å². The molecule has 0 saturated heterocycles. The Morgan fingerprint density at radius 2 is 1.71 bits per heavy atom. The van der Waals surface area contributed by atoms with Gasteiger partial charge in [0.05, 0.1) is 18.6 Å². The summed E-state index contributed by atoms with van der Waals surface area (Å²) in [7, 11) is 0. The Bertz CT molecular complexity index is 609. The van der Waals surface area contributed by atoms with Crippen LogP contribution in [0, 0.1) is 0 Å². The molecule has 0 unspecified atom stereocenters. The lowest BCUT2D eigenvalue weighted by Gasteiger charge is -2.14. The largest absolute Gasteiger partial charge is 0.480 e. The second-order valence-electron chi connectivity index (χ2n) is 4.97. The van der Waals surface area contributed by atoms with E-state index in [9.17, 15) is 24.3 Å². The maximum Gasteiger partial charge on any atom is 0.335 e. The number of nitrogens with one attached hydrogen (secondary N) is 1. The van der Waals surface area contributed by atoms with Gasteiger partial charge >= 0.3 is 17.9 Å². The number of carboxylic acids is 2. The van der Waals surface area contributed by atoms with Gasteiger partial charge in [-0.05, 0) is 24.6 Å². The summed E-state index contributed by atoms with van der Waals surface area (Å²) < 4.78 is 4.69. The first-order valence-corrected chi connectivity index (χ1v) is 7.33. The zero-order chi connectivity index (χ0) is 18.1. The lowest BCUT2D eigenvalue weighted by atomic mass is 10.0. The molecule has 0 spiro atoms. The fourth-order valence-corrected chi connectivity index (χ4v) is 1.93. The molecule has 0 heterocycles. The lowest BCUT2D eigenvalue weighted by molar-refractivity contribution is -0.144. The van der Waals surface area contributed by atoms with Crippen molar-refractivity contribution in [1.29, 1.82) is 0 Å². The fourth-order valence-electron chi connectivity index (χ4n) is 1.93. The van der Waals surface area contributed by atoms with Gasteiger partial charge in [0.15, 0.2) is 0 Å². The molecule has 1 rings (SSSR count). The predicted octanol–water partition coefficient (Wildman–Crippen LogP) is 0.840. The molecule has 1 atom stereocenters. The van der Waals surface area contributed by atoms with Crippen molar-refractivity contribution in [3.63, 3.8) is 0 Å². The first kappa shape index (κ1) is 19.1. The van der Waals surface area contributed by atoms with Gasteiger partial charge in [-0.3, -0.25) is 9.59 Å².